The second-order valence-electron chi connectivity index (χ2n) is 5.34. The van der Waals surface area contributed by atoms with Gasteiger partial charge in [-0.05, 0) is 29.7 Å². The van der Waals surface area contributed by atoms with Crippen molar-refractivity contribution in [2.45, 2.75) is 25.8 Å². The highest BCUT2D eigenvalue weighted by Gasteiger charge is 2.04. The monoisotopic (exact) mass is 321 g/mol. The average Bonchev–Trinajstić information content (AvgIpc) is 2.60. The zero-order chi connectivity index (χ0) is 17.2. The lowest BCUT2D eigenvalue weighted by atomic mass is 10.1. The van der Waals surface area contributed by atoms with E-state index in [1.54, 1.807) is 18.2 Å². The Balaban J connectivity index is 1.77. The van der Waals surface area contributed by atoms with Crippen molar-refractivity contribution in [3.8, 4) is 6.07 Å². The summed E-state index contributed by atoms with van der Waals surface area (Å²) in [5, 5.41) is 13.9. The fourth-order valence-electron chi connectivity index (χ4n) is 2.17. The van der Waals surface area contributed by atoms with Gasteiger partial charge in [-0.15, -0.1) is 0 Å². The van der Waals surface area contributed by atoms with Gasteiger partial charge in [0.05, 0.1) is 6.07 Å². The molecule has 0 aliphatic rings. The molecular formula is C19H19N3O2. The van der Waals surface area contributed by atoms with Gasteiger partial charge in [0.25, 0.3) is 0 Å². The first-order valence-electron chi connectivity index (χ1n) is 7.74. The summed E-state index contributed by atoms with van der Waals surface area (Å²) in [4.78, 5) is 23.2. The predicted molar refractivity (Wildman–Crippen MR) is 91.9 cm³/mol. The number of carbonyl (C=O) groups excluding carboxylic acids is 2. The number of nitrogens with one attached hydrogen (secondary N) is 2. The topological polar surface area (TPSA) is 82.0 Å². The van der Waals surface area contributed by atoms with Gasteiger partial charge >= 0.3 is 0 Å². The second kappa shape index (κ2) is 9.11. The van der Waals surface area contributed by atoms with Crippen LogP contribution in [0.4, 0.5) is 5.69 Å². The third kappa shape index (κ3) is 5.93. The molecule has 0 aliphatic heterocycles. The van der Waals surface area contributed by atoms with Crippen LogP contribution < -0.4 is 10.6 Å². The number of carbonyl (C=O) groups is 2. The van der Waals surface area contributed by atoms with Crippen molar-refractivity contribution in [1.29, 1.82) is 5.26 Å². The van der Waals surface area contributed by atoms with Crippen molar-refractivity contribution in [1.82, 2.24) is 5.32 Å². The molecule has 2 aromatic carbocycles. The van der Waals surface area contributed by atoms with Crippen molar-refractivity contribution in [2.24, 2.45) is 0 Å². The summed E-state index contributed by atoms with van der Waals surface area (Å²) in [5.74, 6) is -0.329. The van der Waals surface area contributed by atoms with Crippen LogP contribution in [0.3, 0.4) is 0 Å². The van der Waals surface area contributed by atoms with Crippen LogP contribution >= 0.6 is 0 Å². The summed E-state index contributed by atoms with van der Waals surface area (Å²) in [7, 11) is 0. The van der Waals surface area contributed by atoms with Gasteiger partial charge in [-0.25, -0.2) is 0 Å². The van der Waals surface area contributed by atoms with Gasteiger partial charge in [0.2, 0.25) is 11.8 Å². The quantitative estimate of drug-likeness (QED) is 0.822. The molecule has 0 fully saturated rings. The molecule has 2 N–H and O–H groups in total. The van der Waals surface area contributed by atoms with Crippen LogP contribution in [-0.4, -0.2) is 11.8 Å². The highest BCUT2D eigenvalue weighted by molar-refractivity contribution is 5.90. The van der Waals surface area contributed by atoms with Crippen molar-refractivity contribution >= 4 is 17.5 Å². The summed E-state index contributed by atoms with van der Waals surface area (Å²) in [5.41, 5.74) is 2.76. The Kier molecular flexibility index (Phi) is 6.54. The Morgan fingerprint density at radius 1 is 0.917 bits per heavy atom. The largest absolute Gasteiger partial charge is 0.351 e. The summed E-state index contributed by atoms with van der Waals surface area (Å²) in [6.07, 6.45) is 0.987. The van der Waals surface area contributed by atoms with E-state index in [1.165, 1.54) is 0 Å². The van der Waals surface area contributed by atoms with E-state index in [4.69, 9.17) is 5.26 Å². The van der Waals surface area contributed by atoms with Crippen LogP contribution in [0, 0.1) is 11.3 Å². The molecule has 0 aromatic heterocycles. The van der Waals surface area contributed by atoms with Gasteiger partial charge in [-0.1, -0.05) is 42.5 Å². The SMILES string of the molecule is N#CCC(=O)NCc1ccc(NC(=O)CCc2ccccc2)cc1. The molecule has 0 spiro atoms. The molecule has 0 heterocycles. The molecule has 24 heavy (non-hydrogen) atoms. The Hall–Kier alpha value is -3.13. The lowest BCUT2D eigenvalue weighted by molar-refractivity contribution is -0.120. The second-order valence-corrected chi connectivity index (χ2v) is 5.34. The number of nitriles is 1. The van der Waals surface area contributed by atoms with Crippen molar-refractivity contribution in [2.75, 3.05) is 5.32 Å². The van der Waals surface area contributed by atoms with E-state index in [9.17, 15) is 9.59 Å². The minimum Gasteiger partial charge on any atom is -0.351 e. The first kappa shape index (κ1) is 17.2. The molecule has 5 heteroatoms. The summed E-state index contributed by atoms with van der Waals surface area (Å²) >= 11 is 0. The number of hydrogen-bond donors (Lipinski definition) is 2. The zero-order valence-corrected chi connectivity index (χ0v) is 13.3. The third-order valence-corrected chi connectivity index (χ3v) is 3.45. The number of aryl methyl sites for hydroxylation is 1. The Bertz CT molecular complexity index is 719. The molecule has 0 aliphatic carbocycles. The number of hydrogen-bond acceptors (Lipinski definition) is 3. The van der Waals surface area contributed by atoms with Crippen molar-refractivity contribution in [3.63, 3.8) is 0 Å². The van der Waals surface area contributed by atoms with Gasteiger partial charge in [0, 0.05) is 18.7 Å². The normalized spacial score (nSPS) is 9.79. The number of rotatable bonds is 7. The van der Waals surface area contributed by atoms with E-state index >= 15 is 0 Å². The van der Waals surface area contributed by atoms with E-state index < -0.39 is 0 Å². The Labute approximate surface area is 141 Å². The zero-order valence-electron chi connectivity index (χ0n) is 13.3. The molecule has 2 rings (SSSR count). The molecular weight excluding hydrogens is 302 g/mol. The van der Waals surface area contributed by atoms with Gasteiger partial charge < -0.3 is 10.6 Å². The number of nitrogens with zero attached hydrogens (tertiary/aromatic N) is 1. The maximum atomic E-state index is 12.0. The molecule has 0 unspecified atom stereocenters. The van der Waals surface area contributed by atoms with Crippen LogP contribution in [-0.2, 0) is 22.6 Å². The molecule has 0 saturated heterocycles. The fraction of sp³-hybridized carbons (Fsp3) is 0.211. The van der Waals surface area contributed by atoms with E-state index in [1.807, 2.05) is 42.5 Å². The highest BCUT2D eigenvalue weighted by Crippen LogP contribution is 2.11. The van der Waals surface area contributed by atoms with E-state index in [-0.39, 0.29) is 18.2 Å². The molecule has 122 valence electrons. The lowest BCUT2D eigenvalue weighted by Crippen LogP contribution is -2.21. The minimum atomic E-state index is -0.296. The molecule has 0 radical (unpaired) electrons. The van der Waals surface area contributed by atoms with Gasteiger partial charge in [-0.3, -0.25) is 9.59 Å². The smallest absolute Gasteiger partial charge is 0.234 e. The van der Waals surface area contributed by atoms with Gasteiger partial charge in [0.15, 0.2) is 0 Å². The van der Waals surface area contributed by atoms with E-state index in [0.717, 1.165) is 16.8 Å². The average molecular weight is 321 g/mol. The van der Waals surface area contributed by atoms with Crippen LogP contribution in [0.2, 0.25) is 0 Å². The summed E-state index contributed by atoms with van der Waals surface area (Å²) in [6, 6.07) is 18.9. The highest BCUT2D eigenvalue weighted by atomic mass is 16.2. The van der Waals surface area contributed by atoms with Crippen LogP contribution in [0.15, 0.2) is 54.6 Å². The molecule has 2 amide bonds. The Morgan fingerprint density at radius 3 is 2.29 bits per heavy atom. The molecule has 0 saturated carbocycles. The van der Waals surface area contributed by atoms with E-state index in [0.29, 0.717) is 19.4 Å². The lowest BCUT2D eigenvalue weighted by Gasteiger charge is -2.07. The van der Waals surface area contributed by atoms with Crippen LogP contribution in [0.25, 0.3) is 0 Å². The van der Waals surface area contributed by atoms with Gasteiger partial charge in [-0.2, -0.15) is 5.26 Å². The van der Waals surface area contributed by atoms with Crippen molar-refractivity contribution in [3.05, 3.63) is 65.7 Å². The number of benzene rings is 2. The van der Waals surface area contributed by atoms with E-state index in [2.05, 4.69) is 10.6 Å². The first-order chi connectivity index (χ1) is 11.7. The molecule has 0 bridgehead atoms. The van der Waals surface area contributed by atoms with Gasteiger partial charge in [0.1, 0.15) is 6.42 Å². The summed E-state index contributed by atoms with van der Waals surface area (Å²) < 4.78 is 0. The number of amides is 2. The fourth-order valence-corrected chi connectivity index (χ4v) is 2.17. The summed E-state index contributed by atoms with van der Waals surface area (Å²) in [6.45, 7) is 0.364. The predicted octanol–water partition coefficient (Wildman–Crippen LogP) is 2.79. The maximum Gasteiger partial charge on any atom is 0.234 e. The standard InChI is InChI=1S/C19H19N3O2/c20-13-12-18(23)21-14-16-6-9-17(10-7-16)22-19(24)11-8-15-4-2-1-3-5-15/h1-7,9-10H,8,11-12,14H2,(H,21,23)(H,22,24). The minimum absolute atomic E-state index is 0.0334. The molecule has 0 atom stereocenters. The Morgan fingerprint density at radius 2 is 1.62 bits per heavy atom. The number of anilines is 1. The maximum absolute atomic E-state index is 12.0. The first-order valence-corrected chi connectivity index (χ1v) is 7.74. The van der Waals surface area contributed by atoms with Crippen LogP contribution in [0.5, 0.6) is 0 Å². The molecule has 5 nitrogen and oxygen atoms in total. The molecule has 2 aromatic rings. The third-order valence-electron chi connectivity index (χ3n) is 3.45. The van der Waals surface area contributed by atoms with Crippen molar-refractivity contribution < 1.29 is 9.59 Å². The van der Waals surface area contributed by atoms with Crippen LogP contribution in [0.1, 0.15) is 24.0 Å².